The van der Waals surface area contributed by atoms with Crippen molar-refractivity contribution in [2.24, 2.45) is 5.92 Å². The molecule has 1 unspecified atom stereocenters. The van der Waals surface area contributed by atoms with Gasteiger partial charge in [0.15, 0.2) is 0 Å². The number of carbonyl (C=O) groups is 1. The third kappa shape index (κ3) is 5.25. The molecule has 0 saturated carbocycles. The van der Waals surface area contributed by atoms with Crippen LogP contribution in [-0.4, -0.2) is 39.6 Å². The molecule has 35 heavy (non-hydrogen) atoms. The van der Waals surface area contributed by atoms with Crippen molar-refractivity contribution in [2.75, 3.05) is 13.1 Å². The maximum Gasteiger partial charge on any atom is 0.241 e. The van der Waals surface area contributed by atoms with E-state index in [4.69, 9.17) is 9.26 Å². The fourth-order valence-corrected chi connectivity index (χ4v) is 5.17. The Morgan fingerprint density at radius 3 is 2.69 bits per heavy atom. The predicted molar refractivity (Wildman–Crippen MR) is 134 cm³/mol. The maximum absolute atomic E-state index is 13.2. The quantitative estimate of drug-likeness (QED) is 0.562. The zero-order valence-corrected chi connectivity index (χ0v) is 21.0. The average molecular weight is 475 g/mol. The van der Waals surface area contributed by atoms with Crippen molar-refractivity contribution < 1.29 is 14.1 Å². The van der Waals surface area contributed by atoms with Gasteiger partial charge < -0.3 is 14.6 Å². The van der Waals surface area contributed by atoms with Crippen LogP contribution in [0.15, 0.2) is 47.0 Å². The van der Waals surface area contributed by atoms with Crippen molar-refractivity contribution in [3.8, 4) is 17.1 Å². The molecule has 0 aliphatic carbocycles. The fourth-order valence-electron chi connectivity index (χ4n) is 5.17. The number of rotatable bonds is 5. The summed E-state index contributed by atoms with van der Waals surface area (Å²) in [5, 5.41) is 7.50. The van der Waals surface area contributed by atoms with Crippen LogP contribution in [0.5, 0.6) is 5.75 Å². The molecule has 2 aliphatic heterocycles. The standard InChI is InChI=1S/C28H34N4O3/c1-18-9-10-22-23(16-28(3,4)34-24(22)15-18)29-27(33)20-11-13-32(14-12-20)17-25-30-26(31-35-25)21-8-6-5-7-19(21)2/h5-10,15,20,23H,11-14,16-17H2,1-4H3,(H,29,33). The van der Waals surface area contributed by atoms with Gasteiger partial charge in [0.2, 0.25) is 17.6 Å². The zero-order valence-electron chi connectivity index (χ0n) is 21.0. The van der Waals surface area contributed by atoms with E-state index in [1.165, 1.54) is 0 Å². The van der Waals surface area contributed by atoms with E-state index in [9.17, 15) is 4.79 Å². The number of nitrogens with zero attached hydrogens (tertiary/aromatic N) is 3. The second-order valence-electron chi connectivity index (χ2n) is 10.5. The molecule has 7 nitrogen and oxygen atoms in total. The second-order valence-corrected chi connectivity index (χ2v) is 10.5. The molecule has 1 aromatic heterocycles. The number of carbonyl (C=O) groups excluding carboxylic acids is 1. The number of fused-ring (bicyclic) bond motifs is 1. The monoisotopic (exact) mass is 474 g/mol. The van der Waals surface area contributed by atoms with Crippen LogP contribution in [0.2, 0.25) is 0 Å². The molecule has 0 spiro atoms. The summed E-state index contributed by atoms with van der Waals surface area (Å²) < 4.78 is 11.7. The van der Waals surface area contributed by atoms with Gasteiger partial charge in [-0.3, -0.25) is 9.69 Å². The molecule has 1 N–H and O–H groups in total. The summed E-state index contributed by atoms with van der Waals surface area (Å²) in [4.78, 5) is 20.1. The minimum Gasteiger partial charge on any atom is -0.487 e. The number of benzene rings is 2. The topological polar surface area (TPSA) is 80.5 Å². The fraction of sp³-hybridized carbons (Fsp3) is 0.464. The summed E-state index contributed by atoms with van der Waals surface area (Å²) in [6.07, 6.45) is 2.39. The Morgan fingerprint density at radius 2 is 1.91 bits per heavy atom. The Hall–Kier alpha value is -3.19. The highest BCUT2D eigenvalue weighted by atomic mass is 16.5. The average Bonchev–Trinajstić information content (AvgIpc) is 3.27. The van der Waals surface area contributed by atoms with Gasteiger partial charge >= 0.3 is 0 Å². The SMILES string of the molecule is Cc1ccc2c(c1)OC(C)(C)CC2NC(=O)C1CCN(Cc2nc(-c3ccccc3C)no2)CC1. The van der Waals surface area contributed by atoms with Crippen LogP contribution >= 0.6 is 0 Å². The number of likely N-dealkylation sites (tertiary alicyclic amines) is 1. The van der Waals surface area contributed by atoms with Gasteiger partial charge in [-0.25, -0.2) is 0 Å². The lowest BCUT2D eigenvalue weighted by Gasteiger charge is -2.39. The second kappa shape index (κ2) is 9.46. The Bertz CT molecular complexity index is 1210. The molecule has 184 valence electrons. The smallest absolute Gasteiger partial charge is 0.241 e. The number of ether oxygens (including phenoxy) is 1. The Labute approximate surface area is 206 Å². The van der Waals surface area contributed by atoms with E-state index in [2.05, 4.69) is 59.3 Å². The molecule has 0 radical (unpaired) electrons. The van der Waals surface area contributed by atoms with Crippen LogP contribution in [0.25, 0.3) is 11.4 Å². The number of nitrogens with one attached hydrogen (secondary N) is 1. The number of aromatic nitrogens is 2. The molecule has 1 atom stereocenters. The van der Waals surface area contributed by atoms with Gasteiger partial charge in [0, 0.05) is 23.5 Å². The van der Waals surface area contributed by atoms with E-state index in [-0.39, 0.29) is 23.5 Å². The molecule has 2 aromatic carbocycles. The third-order valence-corrected chi connectivity index (χ3v) is 7.11. The lowest BCUT2D eigenvalue weighted by atomic mass is 9.88. The highest BCUT2D eigenvalue weighted by Gasteiger charge is 2.36. The molecule has 5 rings (SSSR count). The number of amides is 1. The largest absolute Gasteiger partial charge is 0.487 e. The van der Waals surface area contributed by atoms with Gasteiger partial charge in [-0.1, -0.05) is 41.6 Å². The van der Waals surface area contributed by atoms with Crippen LogP contribution in [0.3, 0.4) is 0 Å². The maximum atomic E-state index is 13.2. The molecule has 1 saturated heterocycles. The first-order chi connectivity index (χ1) is 16.8. The Morgan fingerprint density at radius 1 is 1.14 bits per heavy atom. The molecule has 1 fully saturated rings. The summed E-state index contributed by atoms with van der Waals surface area (Å²) in [5.74, 6) is 2.27. The third-order valence-electron chi connectivity index (χ3n) is 7.11. The highest BCUT2D eigenvalue weighted by molar-refractivity contribution is 5.79. The first-order valence-electron chi connectivity index (χ1n) is 12.5. The molecule has 3 aromatic rings. The van der Waals surface area contributed by atoms with Gasteiger partial charge in [-0.15, -0.1) is 0 Å². The summed E-state index contributed by atoms with van der Waals surface area (Å²) in [7, 11) is 0. The first kappa shape index (κ1) is 23.5. The minimum absolute atomic E-state index is 0.0105. The normalized spacial score (nSPS) is 20.2. The van der Waals surface area contributed by atoms with Crippen molar-refractivity contribution in [3.05, 3.63) is 65.0 Å². The first-order valence-corrected chi connectivity index (χ1v) is 12.5. The van der Waals surface area contributed by atoms with E-state index < -0.39 is 0 Å². The Balaban J connectivity index is 1.17. The molecule has 1 amide bonds. The molecule has 2 aliphatic rings. The van der Waals surface area contributed by atoms with Crippen LogP contribution < -0.4 is 10.1 Å². The molecule has 7 heteroatoms. The van der Waals surface area contributed by atoms with E-state index in [0.29, 0.717) is 18.3 Å². The predicted octanol–water partition coefficient (Wildman–Crippen LogP) is 4.98. The van der Waals surface area contributed by atoms with E-state index >= 15 is 0 Å². The van der Waals surface area contributed by atoms with Crippen molar-refractivity contribution in [2.45, 2.75) is 65.1 Å². The van der Waals surface area contributed by atoms with Crippen LogP contribution in [0, 0.1) is 19.8 Å². The lowest BCUT2D eigenvalue weighted by molar-refractivity contribution is -0.127. The molecular weight excluding hydrogens is 440 g/mol. The Kier molecular flexibility index (Phi) is 6.36. The van der Waals surface area contributed by atoms with Gasteiger partial charge in [-0.05, 0) is 70.8 Å². The van der Waals surface area contributed by atoms with Crippen LogP contribution in [-0.2, 0) is 11.3 Å². The number of hydrogen-bond donors (Lipinski definition) is 1. The van der Waals surface area contributed by atoms with E-state index in [1.54, 1.807) is 0 Å². The van der Waals surface area contributed by atoms with Crippen LogP contribution in [0.4, 0.5) is 0 Å². The van der Waals surface area contributed by atoms with Gasteiger partial charge in [0.25, 0.3) is 0 Å². The van der Waals surface area contributed by atoms with Gasteiger partial charge in [0.1, 0.15) is 11.4 Å². The highest BCUT2D eigenvalue weighted by Crippen LogP contribution is 2.40. The van der Waals surface area contributed by atoms with E-state index in [1.807, 2.05) is 31.2 Å². The van der Waals surface area contributed by atoms with Crippen molar-refractivity contribution in [1.29, 1.82) is 0 Å². The van der Waals surface area contributed by atoms with Crippen LogP contribution in [0.1, 0.15) is 61.7 Å². The number of piperidine rings is 1. The summed E-state index contributed by atoms with van der Waals surface area (Å²) in [5.41, 5.74) is 4.03. The van der Waals surface area contributed by atoms with Gasteiger partial charge in [-0.2, -0.15) is 4.98 Å². The summed E-state index contributed by atoms with van der Waals surface area (Å²) in [6, 6.07) is 14.2. The summed E-state index contributed by atoms with van der Waals surface area (Å²) >= 11 is 0. The minimum atomic E-state index is -0.316. The van der Waals surface area contributed by atoms with Crippen molar-refractivity contribution in [1.82, 2.24) is 20.4 Å². The van der Waals surface area contributed by atoms with Gasteiger partial charge in [0.05, 0.1) is 12.6 Å². The molecular formula is C28H34N4O3. The lowest BCUT2D eigenvalue weighted by Crippen LogP contribution is -2.45. The van der Waals surface area contributed by atoms with Crippen molar-refractivity contribution in [3.63, 3.8) is 0 Å². The van der Waals surface area contributed by atoms with E-state index in [0.717, 1.165) is 60.4 Å². The summed E-state index contributed by atoms with van der Waals surface area (Å²) in [6.45, 7) is 10.5. The van der Waals surface area contributed by atoms with Crippen molar-refractivity contribution >= 4 is 5.91 Å². The zero-order chi connectivity index (χ0) is 24.6. The molecule has 0 bridgehead atoms. The number of aryl methyl sites for hydroxylation is 2. The molecule has 3 heterocycles. The number of hydrogen-bond acceptors (Lipinski definition) is 6.